The number of anilines is 3. The van der Waals surface area contributed by atoms with Crippen molar-refractivity contribution in [2.24, 2.45) is 5.92 Å². The van der Waals surface area contributed by atoms with Crippen LogP contribution in [-0.4, -0.2) is 53.3 Å². The smallest absolute Gasteiger partial charge is 0.260 e. The Morgan fingerprint density at radius 3 is 2.63 bits per heavy atom. The highest BCUT2D eigenvalue weighted by Gasteiger charge is 2.61. The first kappa shape index (κ1) is 23.1. The molecule has 1 saturated carbocycles. The lowest BCUT2D eigenvalue weighted by molar-refractivity contribution is -0.119. The van der Waals surface area contributed by atoms with Crippen LogP contribution in [0.2, 0.25) is 0 Å². The van der Waals surface area contributed by atoms with Crippen molar-refractivity contribution in [2.75, 3.05) is 23.1 Å². The van der Waals surface area contributed by atoms with Crippen molar-refractivity contribution in [2.45, 2.75) is 18.9 Å². The number of H-pyrrole nitrogens is 1. The van der Waals surface area contributed by atoms with E-state index in [0.29, 0.717) is 28.2 Å². The van der Waals surface area contributed by atoms with Gasteiger partial charge in [0.25, 0.3) is 5.92 Å². The van der Waals surface area contributed by atoms with Crippen LogP contribution in [0, 0.1) is 5.92 Å². The number of nitrogens with one attached hydrogen (secondary N) is 3. The maximum atomic E-state index is 13.3. The van der Waals surface area contributed by atoms with E-state index >= 15 is 0 Å². The van der Waals surface area contributed by atoms with Gasteiger partial charge in [-0.3, -0.25) is 14.5 Å². The number of aromatic nitrogens is 2. The lowest BCUT2D eigenvalue weighted by Crippen LogP contribution is -2.36. The molecule has 182 valence electrons. The molecule has 2 aromatic heterocycles. The predicted octanol–water partition coefficient (Wildman–Crippen LogP) is 2.98. The second-order valence-electron chi connectivity index (χ2n) is 8.54. The van der Waals surface area contributed by atoms with E-state index in [4.69, 9.17) is 0 Å². The molecular weight excluding hydrogens is 480 g/mol. The number of alkyl halides is 2. The van der Waals surface area contributed by atoms with Gasteiger partial charge in [-0.25, -0.2) is 22.2 Å². The molecule has 1 fully saturated rings. The summed E-state index contributed by atoms with van der Waals surface area (Å²) >= 11 is 0. The molecule has 0 saturated heterocycles. The first-order valence-corrected chi connectivity index (χ1v) is 12.2. The van der Waals surface area contributed by atoms with Crippen LogP contribution in [0.3, 0.4) is 0 Å². The van der Waals surface area contributed by atoms with E-state index in [9.17, 15) is 26.8 Å². The van der Waals surface area contributed by atoms with E-state index in [1.54, 1.807) is 6.07 Å². The van der Waals surface area contributed by atoms with E-state index < -0.39 is 34.9 Å². The van der Waals surface area contributed by atoms with Crippen LogP contribution in [0.25, 0.3) is 11.3 Å². The second kappa shape index (κ2) is 8.86. The Bertz CT molecular complexity index is 1380. The number of Topliss-reactive ketones (excluding diaryl/α,β-unsaturated/α-hetero) is 1. The van der Waals surface area contributed by atoms with Crippen molar-refractivity contribution in [3.05, 3.63) is 59.9 Å². The van der Waals surface area contributed by atoms with Crippen LogP contribution in [0.5, 0.6) is 0 Å². The van der Waals surface area contributed by atoms with E-state index in [2.05, 4.69) is 20.6 Å². The van der Waals surface area contributed by atoms with Crippen molar-refractivity contribution in [1.29, 1.82) is 0 Å². The molecule has 0 spiro atoms. The lowest BCUT2D eigenvalue weighted by Gasteiger charge is -2.24. The van der Waals surface area contributed by atoms with Gasteiger partial charge in [0, 0.05) is 36.1 Å². The average molecular weight is 502 g/mol. The standard InChI is InChI=1S/C23H21F2N5O4S/c24-23(25)9-15(23)22(32)29-18-8-13(6-7-26-18)20-21(27-14-4-2-1-3-5-14)19-16(28-20)10-30(11-17(19)31)12-35(33)34/h1-8,15,27-28,35H,9-12H2,(H,26,29,32). The molecule has 12 heteroatoms. The first-order chi connectivity index (χ1) is 16.7. The fraction of sp³-hybridized carbons (Fsp3) is 0.261. The van der Waals surface area contributed by atoms with Crippen molar-refractivity contribution in [1.82, 2.24) is 14.9 Å². The molecule has 35 heavy (non-hydrogen) atoms. The van der Waals surface area contributed by atoms with Gasteiger partial charge in [0.05, 0.1) is 29.4 Å². The average Bonchev–Trinajstić information content (AvgIpc) is 3.30. The SMILES string of the molecule is O=C1CN(C[SH](=O)=O)Cc2[nH]c(-c3ccnc(NC(=O)C4CC4(F)F)c3)c(Nc3ccccc3)c21. The van der Waals surface area contributed by atoms with Crippen LogP contribution in [0.1, 0.15) is 22.5 Å². The van der Waals surface area contributed by atoms with E-state index in [1.807, 2.05) is 30.3 Å². The number of carbonyl (C=O) groups is 2. The molecule has 1 aromatic carbocycles. The highest BCUT2D eigenvalue weighted by Crippen LogP contribution is 2.49. The minimum atomic E-state index is -2.99. The number of benzene rings is 1. The van der Waals surface area contributed by atoms with E-state index in [-0.39, 0.29) is 30.6 Å². The molecule has 2 aliphatic rings. The van der Waals surface area contributed by atoms with Gasteiger partial charge in [0.15, 0.2) is 16.5 Å². The Morgan fingerprint density at radius 2 is 1.94 bits per heavy atom. The highest BCUT2D eigenvalue weighted by molar-refractivity contribution is 7.72. The number of aromatic amines is 1. The third-order valence-corrected chi connectivity index (χ3v) is 6.54. The maximum absolute atomic E-state index is 13.3. The molecule has 3 heterocycles. The van der Waals surface area contributed by atoms with Crippen LogP contribution in [-0.2, 0) is 22.0 Å². The van der Waals surface area contributed by atoms with Gasteiger partial charge in [0.2, 0.25) is 5.91 Å². The number of pyridine rings is 1. The fourth-order valence-electron chi connectivity index (χ4n) is 4.18. The number of ketones is 1. The van der Waals surface area contributed by atoms with Gasteiger partial charge < -0.3 is 15.6 Å². The molecule has 1 aliphatic heterocycles. The summed E-state index contributed by atoms with van der Waals surface area (Å²) in [5.41, 5.74) is 3.27. The minimum Gasteiger partial charge on any atom is -0.355 e. The number of carbonyl (C=O) groups excluding carboxylic acids is 2. The molecule has 1 atom stereocenters. The number of nitrogens with zero attached hydrogens (tertiary/aromatic N) is 2. The number of thiol groups is 1. The third kappa shape index (κ3) is 4.80. The Morgan fingerprint density at radius 1 is 1.20 bits per heavy atom. The molecule has 5 rings (SSSR count). The molecule has 9 nitrogen and oxygen atoms in total. The number of rotatable bonds is 7. The number of amides is 1. The van der Waals surface area contributed by atoms with Crippen molar-refractivity contribution in [3.8, 4) is 11.3 Å². The van der Waals surface area contributed by atoms with Crippen molar-refractivity contribution >= 4 is 39.6 Å². The van der Waals surface area contributed by atoms with Crippen molar-refractivity contribution in [3.63, 3.8) is 0 Å². The zero-order chi connectivity index (χ0) is 24.7. The van der Waals surface area contributed by atoms with Crippen molar-refractivity contribution < 1.29 is 26.8 Å². The van der Waals surface area contributed by atoms with Gasteiger partial charge in [-0.2, -0.15) is 0 Å². The number of fused-ring (bicyclic) bond motifs is 1. The Balaban J connectivity index is 1.52. The van der Waals surface area contributed by atoms with Crippen LogP contribution in [0.15, 0.2) is 48.7 Å². The summed E-state index contributed by atoms with van der Waals surface area (Å²) in [6, 6.07) is 12.4. The van der Waals surface area contributed by atoms with Gasteiger partial charge in [-0.05, 0) is 24.3 Å². The number of hydrogen-bond acceptors (Lipinski definition) is 7. The zero-order valence-electron chi connectivity index (χ0n) is 18.3. The van der Waals surface area contributed by atoms with Crippen LogP contribution in [0.4, 0.5) is 26.0 Å². The summed E-state index contributed by atoms with van der Waals surface area (Å²) < 4.78 is 49.0. The van der Waals surface area contributed by atoms with Gasteiger partial charge in [0.1, 0.15) is 11.7 Å². The quantitative estimate of drug-likeness (QED) is 0.367. The summed E-state index contributed by atoms with van der Waals surface area (Å²) in [6.45, 7) is 0.170. The Labute approximate surface area is 200 Å². The largest absolute Gasteiger partial charge is 0.355 e. The predicted molar refractivity (Wildman–Crippen MR) is 125 cm³/mol. The number of halogens is 2. The molecule has 1 amide bonds. The summed E-state index contributed by atoms with van der Waals surface area (Å²) in [4.78, 5) is 34.0. The molecule has 1 aliphatic carbocycles. The number of para-hydroxylation sites is 1. The molecular formula is C23H21F2N5O4S. The van der Waals surface area contributed by atoms with Gasteiger partial charge in [-0.15, -0.1) is 0 Å². The minimum absolute atomic E-state index is 0.0513. The molecule has 0 radical (unpaired) electrons. The van der Waals surface area contributed by atoms with E-state index in [0.717, 1.165) is 5.69 Å². The van der Waals surface area contributed by atoms with E-state index in [1.165, 1.54) is 17.2 Å². The summed E-state index contributed by atoms with van der Waals surface area (Å²) in [6.07, 6.45) is 0.943. The Hall–Kier alpha value is -3.64. The summed E-state index contributed by atoms with van der Waals surface area (Å²) in [5, 5.41) is 5.70. The maximum Gasteiger partial charge on any atom is 0.260 e. The lowest BCUT2D eigenvalue weighted by atomic mass is 10.0. The van der Waals surface area contributed by atoms with Crippen LogP contribution < -0.4 is 10.6 Å². The van der Waals surface area contributed by atoms with Gasteiger partial charge in [-0.1, -0.05) is 18.2 Å². The molecule has 0 bridgehead atoms. The van der Waals surface area contributed by atoms with Crippen LogP contribution >= 0.6 is 0 Å². The first-order valence-electron chi connectivity index (χ1n) is 10.8. The monoisotopic (exact) mass is 501 g/mol. The number of hydrogen-bond donors (Lipinski definition) is 4. The summed E-state index contributed by atoms with van der Waals surface area (Å²) in [7, 11) is -2.69. The Kier molecular flexibility index (Phi) is 5.85. The summed E-state index contributed by atoms with van der Waals surface area (Å²) in [5.74, 6) is -5.54. The fourth-order valence-corrected chi connectivity index (χ4v) is 4.70. The molecule has 3 aromatic rings. The van der Waals surface area contributed by atoms with Gasteiger partial charge >= 0.3 is 0 Å². The highest BCUT2D eigenvalue weighted by atomic mass is 32.2. The third-order valence-electron chi connectivity index (χ3n) is 5.91. The zero-order valence-corrected chi connectivity index (χ0v) is 19.1. The second-order valence-corrected chi connectivity index (χ2v) is 9.49. The normalized spacial score (nSPS) is 18.8. The topological polar surface area (TPSA) is 124 Å². The molecule has 3 N–H and O–H groups in total. The molecule has 1 unspecified atom stereocenters.